The number of rotatable bonds is 14. The summed E-state index contributed by atoms with van der Waals surface area (Å²) in [6.45, 7) is 4.54. The predicted octanol–water partition coefficient (Wildman–Crippen LogP) is 3.16. The molecule has 0 N–H and O–H groups in total. The fraction of sp³-hybridized carbons (Fsp3) is 0.895. The molecule has 0 aliphatic rings. The molecule has 0 aliphatic carbocycles. The van der Waals surface area contributed by atoms with Gasteiger partial charge < -0.3 is 16.9 Å². The largest absolute Gasteiger partial charge is 1.00 e. The molecule has 0 spiro atoms. The fourth-order valence-corrected chi connectivity index (χ4v) is 2.87. The molecule has 0 amide bonds. The van der Waals surface area contributed by atoms with Crippen molar-refractivity contribution in [1.82, 2.24) is 0 Å². The van der Waals surface area contributed by atoms with E-state index in [0.29, 0.717) is 0 Å². The molecular formula is C19H37ClIN. The summed E-state index contributed by atoms with van der Waals surface area (Å²) < 4.78 is 4.02. The second kappa shape index (κ2) is 17.9. The summed E-state index contributed by atoms with van der Waals surface area (Å²) in [5, 5.41) is 0. The first-order valence-electron chi connectivity index (χ1n) is 9.03. The number of nitrogens with zero attached hydrogens (tertiary/aromatic N) is 1. The van der Waals surface area contributed by atoms with Crippen LogP contribution in [0.1, 0.15) is 84.0 Å². The van der Waals surface area contributed by atoms with Gasteiger partial charge in [0, 0.05) is 22.6 Å². The van der Waals surface area contributed by atoms with E-state index in [-0.39, 0.29) is 12.4 Å². The van der Waals surface area contributed by atoms with Gasteiger partial charge in [0.1, 0.15) is 6.54 Å². The van der Waals surface area contributed by atoms with Crippen molar-refractivity contribution in [2.24, 2.45) is 0 Å². The van der Waals surface area contributed by atoms with Crippen molar-refractivity contribution in [1.29, 1.82) is 0 Å². The van der Waals surface area contributed by atoms with E-state index < -0.39 is 0 Å². The Hall–Kier alpha value is 0.540. The Bertz CT molecular complexity index is 281. The van der Waals surface area contributed by atoms with Crippen molar-refractivity contribution in [3.05, 3.63) is 0 Å². The average molecular weight is 442 g/mol. The van der Waals surface area contributed by atoms with Gasteiger partial charge in [0.2, 0.25) is 0 Å². The van der Waals surface area contributed by atoms with Gasteiger partial charge in [-0.3, -0.25) is 0 Å². The van der Waals surface area contributed by atoms with E-state index in [1.807, 2.05) is 0 Å². The van der Waals surface area contributed by atoms with E-state index in [2.05, 4.69) is 53.5 Å². The second-order valence-electron chi connectivity index (χ2n) is 6.98. The van der Waals surface area contributed by atoms with Crippen LogP contribution in [0.5, 0.6) is 0 Å². The van der Waals surface area contributed by atoms with Crippen LogP contribution in [0.4, 0.5) is 0 Å². The van der Waals surface area contributed by atoms with Crippen LogP contribution >= 0.6 is 22.6 Å². The summed E-state index contributed by atoms with van der Waals surface area (Å²) in [6.07, 6.45) is 17.1. The van der Waals surface area contributed by atoms with Gasteiger partial charge in [-0.2, -0.15) is 0 Å². The Morgan fingerprint density at radius 2 is 1.14 bits per heavy atom. The van der Waals surface area contributed by atoms with Gasteiger partial charge >= 0.3 is 0 Å². The minimum absolute atomic E-state index is 0. The van der Waals surface area contributed by atoms with E-state index in [9.17, 15) is 0 Å². The summed E-state index contributed by atoms with van der Waals surface area (Å²) in [7, 11) is 4.58. The van der Waals surface area contributed by atoms with Gasteiger partial charge in [-0.25, -0.2) is 0 Å². The molecule has 132 valence electrons. The zero-order valence-corrected chi connectivity index (χ0v) is 18.0. The zero-order valence-electron chi connectivity index (χ0n) is 15.1. The summed E-state index contributed by atoms with van der Waals surface area (Å²) >= 11 is 2.13. The predicted molar refractivity (Wildman–Crippen MR) is 105 cm³/mol. The molecule has 0 unspecified atom stereocenters. The molecule has 0 saturated carbocycles. The number of hydrogen-bond donors (Lipinski definition) is 0. The van der Waals surface area contributed by atoms with Gasteiger partial charge in [-0.1, -0.05) is 71.1 Å². The first-order valence-corrected chi connectivity index (χ1v) is 10.1. The molecule has 0 heterocycles. The highest BCUT2D eigenvalue weighted by Crippen LogP contribution is 2.12. The first-order chi connectivity index (χ1) is 10.1. The summed E-state index contributed by atoms with van der Waals surface area (Å²) in [5.41, 5.74) is 0. The highest BCUT2D eigenvalue weighted by molar-refractivity contribution is 14.1. The first kappa shape index (κ1) is 24.8. The molecule has 0 rings (SSSR count). The molecule has 0 aromatic carbocycles. The molecule has 0 aromatic heterocycles. The van der Waals surface area contributed by atoms with Crippen molar-refractivity contribution in [3.8, 4) is 9.85 Å². The fourth-order valence-electron chi connectivity index (χ4n) is 2.70. The highest BCUT2D eigenvalue weighted by Gasteiger charge is 2.11. The molecule has 0 fully saturated rings. The van der Waals surface area contributed by atoms with Crippen LogP contribution in [-0.4, -0.2) is 31.7 Å². The van der Waals surface area contributed by atoms with E-state index in [0.717, 1.165) is 11.0 Å². The van der Waals surface area contributed by atoms with Crippen LogP contribution in [0.3, 0.4) is 0 Å². The van der Waals surface area contributed by atoms with E-state index in [4.69, 9.17) is 0 Å². The van der Waals surface area contributed by atoms with Gasteiger partial charge in [-0.05, 0) is 22.7 Å². The molecule has 0 bridgehead atoms. The topological polar surface area (TPSA) is 0 Å². The Labute approximate surface area is 160 Å². The number of quaternary nitrogens is 1. The highest BCUT2D eigenvalue weighted by atomic mass is 127. The third-order valence-electron chi connectivity index (χ3n) is 4.19. The Balaban J connectivity index is 0. The van der Waals surface area contributed by atoms with Crippen LogP contribution in [0.25, 0.3) is 0 Å². The lowest BCUT2D eigenvalue weighted by Gasteiger charge is -2.27. The quantitative estimate of drug-likeness (QED) is 0.168. The van der Waals surface area contributed by atoms with E-state index in [1.54, 1.807) is 0 Å². The van der Waals surface area contributed by atoms with E-state index >= 15 is 0 Å². The maximum absolute atomic E-state index is 3.19. The summed E-state index contributed by atoms with van der Waals surface area (Å²) in [4.78, 5) is 0. The molecule has 3 heteroatoms. The minimum Gasteiger partial charge on any atom is -1.00 e. The molecule has 0 aromatic rings. The zero-order chi connectivity index (χ0) is 15.8. The maximum Gasteiger partial charge on any atom is 0.141 e. The van der Waals surface area contributed by atoms with Crippen LogP contribution < -0.4 is 12.4 Å². The Morgan fingerprint density at radius 1 is 0.727 bits per heavy atom. The van der Waals surface area contributed by atoms with Crippen molar-refractivity contribution in [2.45, 2.75) is 84.0 Å². The molecule has 0 aliphatic heterocycles. The minimum atomic E-state index is 0. The van der Waals surface area contributed by atoms with Crippen LogP contribution in [0, 0.1) is 9.85 Å². The monoisotopic (exact) mass is 441 g/mol. The van der Waals surface area contributed by atoms with Crippen LogP contribution in [0.15, 0.2) is 0 Å². The molecule has 0 saturated heterocycles. The van der Waals surface area contributed by atoms with Crippen molar-refractivity contribution in [2.75, 3.05) is 27.2 Å². The average Bonchev–Trinajstić information content (AvgIpc) is 2.46. The molecule has 0 atom stereocenters. The van der Waals surface area contributed by atoms with Gasteiger partial charge in [0.05, 0.1) is 20.6 Å². The van der Waals surface area contributed by atoms with Crippen molar-refractivity contribution >= 4 is 22.6 Å². The molecule has 0 radical (unpaired) electrons. The van der Waals surface area contributed by atoms with E-state index in [1.165, 1.54) is 83.6 Å². The summed E-state index contributed by atoms with van der Waals surface area (Å²) in [5.74, 6) is 3.19. The Morgan fingerprint density at radius 3 is 1.55 bits per heavy atom. The SMILES string of the molecule is CCCCCCCCCCCCCC[N+](C)(C)CC#CI.[Cl-]. The van der Waals surface area contributed by atoms with Gasteiger partial charge in [0.15, 0.2) is 0 Å². The normalized spacial score (nSPS) is 10.7. The maximum atomic E-state index is 3.19. The molecule has 22 heavy (non-hydrogen) atoms. The standard InChI is InChI=1S/C19H37IN.ClH/c1-4-5-6-7-8-9-10-11-12-13-14-15-18-21(2,3)19-16-17-20;/h4-15,18-19H2,1-3H3;1H/q+1;/p-1. The smallest absolute Gasteiger partial charge is 0.141 e. The van der Waals surface area contributed by atoms with Crippen LogP contribution in [0.2, 0.25) is 0 Å². The van der Waals surface area contributed by atoms with Crippen LogP contribution in [-0.2, 0) is 0 Å². The van der Waals surface area contributed by atoms with Gasteiger partial charge in [-0.15, -0.1) is 0 Å². The lowest BCUT2D eigenvalue weighted by Crippen LogP contribution is -3.00. The summed E-state index contributed by atoms with van der Waals surface area (Å²) in [6, 6.07) is 0. The Kier molecular flexibility index (Phi) is 20.2. The lowest BCUT2D eigenvalue weighted by molar-refractivity contribution is -0.883. The van der Waals surface area contributed by atoms with Crippen molar-refractivity contribution in [3.63, 3.8) is 0 Å². The second-order valence-corrected chi connectivity index (χ2v) is 7.52. The molecule has 1 nitrogen and oxygen atoms in total. The number of hydrogen-bond acceptors (Lipinski definition) is 0. The lowest BCUT2D eigenvalue weighted by atomic mass is 10.1. The molecular weight excluding hydrogens is 405 g/mol. The third-order valence-corrected chi connectivity index (χ3v) is 4.57. The number of halogens is 2. The third kappa shape index (κ3) is 18.6. The van der Waals surface area contributed by atoms with Crippen molar-refractivity contribution < 1.29 is 16.9 Å². The number of unbranched alkanes of at least 4 members (excludes halogenated alkanes) is 11. The van der Waals surface area contributed by atoms with Gasteiger partial charge in [0.25, 0.3) is 0 Å².